The first-order valence-corrected chi connectivity index (χ1v) is 12.4. The van der Waals surface area contributed by atoms with Crippen molar-refractivity contribution in [3.05, 3.63) is 30.5 Å². The molecule has 13 heteroatoms. The van der Waals surface area contributed by atoms with Crippen LogP contribution in [0.15, 0.2) is 35.4 Å². The lowest BCUT2D eigenvalue weighted by Crippen LogP contribution is -2.41. The van der Waals surface area contributed by atoms with Gasteiger partial charge in [0, 0.05) is 44.8 Å². The van der Waals surface area contributed by atoms with E-state index in [0.29, 0.717) is 50.7 Å². The standard InChI is InChI=1S/C21H28N6O5S.ClH/c22-19-20(32-21(28)23-7-10-26-11-13-31-14-12-26)25-18(15-24-19)16-3-5-17(6-4-16)33(29,30)27-8-1-2-9-27;/h3-6,15H,1-2,7-14H2,(H2,22,24)(H,23,28);1H. The number of benzene rings is 1. The molecule has 2 aromatic rings. The first-order valence-electron chi connectivity index (χ1n) is 10.9. The predicted molar refractivity (Wildman–Crippen MR) is 128 cm³/mol. The Balaban J connectivity index is 0.00000324. The number of aromatic nitrogens is 2. The van der Waals surface area contributed by atoms with Gasteiger partial charge in [0.2, 0.25) is 10.0 Å². The van der Waals surface area contributed by atoms with Crippen molar-refractivity contribution >= 4 is 34.3 Å². The number of nitrogens with zero attached hydrogens (tertiary/aromatic N) is 4. The molecule has 0 radical (unpaired) electrons. The van der Waals surface area contributed by atoms with Crippen molar-refractivity contribution in [3.8, 4) is 17.1 Å². The zero-order valence-electron chi connectivity index (χ0n) is 18.7. The quantitative estimate of drug-likeness (QED) is 0.562. The van der Waals surface area contributed by atoms with Crippen molar-refractivity contribution in [2.75, 3.05) is 58.2 Å². The molecule has 1 amide bonds. The summed E-state index contributed by atoms with van der Waals surface area (Å²) in [6, 6.07) is 6.38. The Morgan fingerprint density at radius 3 is 2.47 bits per heavy atom. The van der Waals surface area contributed by atoms with Gasteiger partial charge in [-0.1, -0.05) is 12.1 Å². The Hall–Kier alpha value is -2.51. The average Bonchev–Trinajstić information content (AvgIpc) is 3.37. The minimum absolute atomic E-state index is 0. The van der Waals surface area contributed by atoms with Crippen LogP contribution in [0.2, 0.25) is 0 Å². The normalized spacial score (nSPS) is 17.2. The molecule has 2 fully saturated rings. The molecule has 0 aliphatic carbocycles. The largest absolute Gasteiger partial charge is 0.414 e. The lowest BCUT2D eigenvalue weighted by molar-refractivity contribution is 0.0385. The second kappa shape index (κ2) is 11.8. The highest BCUT2D eigenvalue weighted by molar-refractivity contribution is 7.89. The number of halogens is 1. The highest BCUT2D eigenvalue weighted by Crippen LogP contribution is 2.26. The number of morpholine rings is 1. The van der Waals surface area contributed by atoms with E-state index >= 15 is 0 Å². The number of carbonyl (C=O) groups excluding carboxylic acids is 1. The topological polar surface area (TPSA) is 140 Å². The summed E-state index contributed by atoms with van der Waals surface area (Å²) in [5, 5.41) is 2.68. The van der Waals surface area contributed by atoms with E-state index in [9.17, 15) is 13.2 Å². The summed E-state index contributed by atoms with van der Waals surface area (Å²) < 4.78 is 37.4. The number of carbonyl (C=O) groups is 1. The zero-order chi connectivity index (χ0) is 23.3. The van der Waals surface area contributed by atoms with Gasteiger partial charge >= 0.3 is 6.09 Å². The molecule has 2 saturated heterocycles. The molecular weight excluding hydrogens is 484 g/mol. The van der Waals surface area contributed by atoms with Crippen LogP contribution in [0, 0.1) is 0 Å². The van der Waals surface area contributed by atoms with Gasteiger partial charge in [-0.3, -0.25) is 4.90 Å². The number of nitrogens with two attached hydrogens (primary N) is 1. The molecule has 2 aliphatic heterocycles. The minimum Gasteiger partial charge on any atom is -0.387 e. The molecular formula is C21H29ClN6O5S. The van der Waals surface area contributed by atoms with Crippen molar-refractivity contribution in [2.45, 2.75) is 17.7 Å². The van der Waals surface area contributed by atoms with Gasteiger partial charge in [0.05, 0.1) is 30.0 Å². The molecule has 0 bridgehead atoms. The van der Waals surface area contributed by atoms with Crippen LogP contribution in [-0.2, 0) is 14.8 Å². The van der Waals surface area contributed by atoms with E-state index in [2.05, 4.69) is 20.2 Å². The molecule has 1 aromatic heterocycles. The number of nitrogen functional groups attached to an aromatic ring is 1. The fourth-order valence-corrected chi connectivity index (χ4v) is 5.25. The third-order valence-corrected chi connectivity index (χ3v) is 7.52. The predicted octanol–water partition coefficient (Wildman–Crippen LogP) is 1.35. The molecule has 0 saturated carbocycles. The Labute approximate surface area is 205 Å². The van der Waals surface area contributed by atoms with E-state index in [4.69, 9.17) is 15.2 Å². The number of nitrogens with one attached hydrogen (secondary N) is 1. The number of rotatable bonds is 7. The van der Waals surface area contributed by atoms with Gasteiger partial charge in [0.25, 0.3) is 5.88 Å². The average molecular weight is 513 g/mol. The monoisotopic (exact) mass is 512 g/mol. The van der Waals surface area contributed by atoms with Crippen LogP contribution in [0.5, 0.6) is 5.88 Å². The molecule has 1 aromatic carbocycles. The van der Waals surface area contributed by atoms with Crippen molar-refractivity contribution in [1.29, 1.82) is 0 Å². The summed E-state index contributed by atoms with van der Waals surface area (Å²) in [7, 11) is -3.50. The fraction of sp³-hybridized carbons (Fsp3) is 0.476. The molecule has 3 heterocycles. The Morgan fingerprint density at radius 1 is 1.12 bits per heavy atom. The fourth-order valence-electron chi connectivity index (χ4n) is 3.74. The van der Waals surface area contributed by atoms with E-state index in [1.165, 1.54) is 10.5 Å². The highest BCUT2D eigenvalue weighted by atomic mass is 35.5. The molecule has 4 rings (SSSR count). The highest BCUT2D eigenvalue weighted by Gasteiger charge is 2.27. The van der Waals surface area contributed by atoms with Crippen LogP contribution in [0.3, 0.4) is 0 Å². The maximum absolute atomic E-state index is 12.7. The number of ether oxygens (including phenoxy) is 2. The van der Waals surface area contributed by atoms with Crippen molar-refractivity contribution in [1.82, 2.24) is 24.5 Å². The van der Waals surface area contributed by atoms with E-state index in [1.54, 1.807) is 24.3 Å². The third-order valence-electron chi connectivity index (χ3n) is 5.61. The number of sulfonamides is 1. The molecule has 0 spiro atoms. The lowest BCUT2D eigenvalue weighted by atomic mass is 10.2. The second-order valence-corrected chi connectivity index (χ2v) is 9.79. The van der Waals surface area contributed by atoms with Gasteiger partial charge in [-0.15, -0.1) is 12.4 Å². The van der Waals surface area contributed by atoms with Crippen LogP contribution in [0.4, 0.5) is 10.6 Å². The number of hydrogen-bond acceptors (Lipinski definition) is 9. The summed E-state index contributed by atoms with van der Waals surface area (Å²) in [5.74, 6) is -0.125. The number of amides is 1. The van der Waals surface area contributed by atoms with Crippen LogP contribution in [0.1, 0.15) is 12.8 Å². The molecule has 3 N–H and O–H groups in total. The van der Waals surface area contributed by atoms with Crippen molar-refractivity contribution in [2.24, 2.45) is 0 Å². The van der Waals surface area contributed by atoms with Crippen LogP contribution in [0.25, 0.3) is 11.3 Å². The van der Waals surface area contributed by atoms with E-state index < -0.39 is 16.1 Å². The lowest BCUT2D eigenvalue weighted by Gasteiger charge is -2.26. The Bertz CT molecular complexity index is 1070. The molecule has 0 unspecified atom stereocenters. The minimum atomic E-state index is -3.50. The molecule has 34 heavy (non-hydrogen) atoms. The van der Waals surface area contributed by atoms with Gasteiger partial charge < -0.3 is 20.5 Å². The smallest absolute Gasteiger partial charge is 0.387 e. The van der Waals surface area contributed by atoms with Gasteiger partial charge in [-0.2, -0.15) is 4.31 Å². The van der Waals surface area contributed by atoms with Gasteiger partial charge in [-0.05, 0) is 25.0 Å². The number of hydrogen-bond donors (Lipinski definition) is 2. The van der Waals surface area contributed by atoms with Crippen LogP contribution in [-0.4, -0.2) is 86.2 Å². The second-order valence-electron chi connectivity index (χ2n) is 7.85. The first kappa shape index (κ1) is 26.1. The van der Waals surface area contributed by atoms with Crippen molar-refractivity contribution in [3.63, 3.8) is 0 Å². The van der Waals surface area contributed by atoms with Crippen LogP contribution >= 0.6 is 12.4 Å². The Kier molecular flexibility index (Phi) is 9.03. The first-order chi connectivity index (χ1) is 15.9. The van der Waals surface area contributed by atoms with Crippen molar-refractivity contribution < 1.29 is 22.7 Å². The zero-order valence-corrected chi connectivity index (χ0v) is 20.3. The van der Waals surface area contributed by atoms with E-state index in [0.717, 1.165) is 25.9 Å². The molecule has 11 nitrogen and oxygen atoms in total. The SMILES string of the molecule is Cl.Nc1ncc(-c2ccc(S(=O)(=O)N3CCCC3)cc2)nc1OC(=O)NCCN1CCOCC1. The van der Waals surface area contributed by atoms with E-state index in [-0.39, 0.29) is 29.0 Å². The van der Waals surface area contributed by atoms with Gasteiger partial charge in [0.1, 0.15) is 0 Å². The van der Waals surface area contributed by atoms with Crippen LogP contribution < -0.4 is 15.8 Å². The summed E-state index contributed by atoms with van der Waals surface area (Å²) in [5.41, 5.74) is 6.86. The Morgan fingerprint density at radius 2 is 1.79 bits per heavy atom. The molecule has 186 valence electrons. The summed E-state index contributed by atoms with van der Waals surface area (Å²) >= 11 is 0. The maximum Gasteiger partial charge on any atom is 0.414 e. The summed E-state index contributed by atoms with van der Waals surface area (Å²) in [4.78, 5) is 22.9. The molecule has 2 aliphatic rings. The van der Waals surface area contributed by atoms with E-state index in [1.807, 2.05) is 0 Å². The third kappa shape index (κ3) is 6.33. The maximum atomic E-state index is 12.7. The van der Waals surface area contributed by atoms with Gasteiger partial charge in [-0.25, -0.2) is 23.2 Å². The number of anilines is 1. The van der Waals surface area contributed by atoms with Gasteiger partial charge in [0.15, 0.2) is 5.82 Å². The molecule has 0 atom stereocenters. The summed E-state index contributed by atoms with van der Waals surface area (Å²) in [6.07, 6.45) is 2.53. The summed E-state index contributed by atoms with van der Waals surface area (Å²) in [6.45, 7) is 5.23.